The van der Waals surface area contributed by atoms with Crippen LogP contribution in [0.3, 0.4) is 0 Å². The van der Waals surface area contributed by atoms with E-state index in [0.717, 1.165) is 0 Å². The predicted molar refractivity (Wildman–Crippen MR) is 81.1 cm³/mol. The van der Waals surface area contributed by atoms with Crippen molar-refractivity contribution in [2.24, 2.45) is 0 Å². The van der Waals surface area contributed by atoms with Crippen LogP contribution in [0.15, 0.2) is 40.9 Å². The Hall–Kier alpha value is -1.72. The van der Waals surface area contributed by atoms with E-state index in [2.05, 4.69) is 15.9 Å². The van der Waals surface area contributed by atoms with Gasteiger partial charge >= 0.3 is 0 Å². The molecule has 1 aliphatic heterocycles. The zero-order valence-electron chi connectivity index (χ0n) is 10.6. The molecule has 106 valence electrons. The number of rotatable bonds is 2. The van der Waals surface area contributed by atoms with Gasteiger partial charge in [0.15, 0.2) is 0 Å². The van der Waals surface area contributed by atoms with E-state index < -0.39 is 11.7 Å². The minimum atomic E-state index is -0.626. The molecule has 0 saturated carbocycles. The fraction of sp³-hybridized carbons (Fsp3) is 0.0667. The molecular formula is C15H8BrClFNO2. The first kappa shape index (κ1) is 14.2. The van der Waals surface area contributed by atoms with Crippen molar-refractivity contribution < 1.29 is 14.0 Å². The molecule has 1 amide bonds. The fourth-order valence-corrected chi connectivity index (χ4v) is 2.96. The van der Waals surface area contributed by atoms with Crippen molar-refractivity contribution in [2.75, 3.05) is 4.90 Å². The number of hydrogen-bond acceptors (Lipinski definition) is 2. The Morgan fingerprint density at radius 3 is 2.67 bits per heavy atom. The van der Waals surface area contributed by atoms with E-state index in [9.17, 15) is 14.0 Å². The number of carbonyl (C=O) groups excluding carboxylic acids is 2. The van der Waals surface area contributed by atoms with Gasteiger partial charge in [-0.05, 0) is 45.8 Å². The van der Waals surface area contributed by atoms with Crippen molar-refractivity contribution >= 4 is 44.9 Å². The molecule has 1 heterocycles. The molecule has 1 aliphatic rings. The second kappa shape index (κ2) is 5.24. The molecule has 3 rings (SSSR count). The molecule has 2 aromatic rings. The number of hydrogen-bond donors (Lipinski definition) is 0. The summed E-state index contributed by atoms with van der Waals surface area (Å²) >= 11 is 9.09. The standard InChI is InChI=1S/C15H8BrClFNO2/c16-9-6-8(4-5-11(9)18)7-19-12-3-1-2-10(17)13(12)14(20)15(19)21/h1-6H,7H2. The Morgan fingerprint density at radius 2 is 1.95 bits per heavy atom. The number of nitrogens with zero attached hydrogens (tertiary/aromatic N) is 1. The van der Waals surface area contributed by atoms with Crippen molar-refractivity contribution in [3.8, 4) is 0 Å². The lowest BCUT2D eigenvalue weighted by Gasteiger charge is -2.17. The second-order valence-corrected chi connectivity index (χ2v) is 5.86. The van der Waals surface area contributed by atoms with Gasteiger partial charge in [-0.15, -0.1) is 0 Å². The SMILES string of the molecule is O=C1C(=O)N(Cc2ccc(F)c(Br)c2)c2cccc(Cl)c21. The number of ketones is 1. The van der Waals surface area contributed by atoms with Gasteiger partial charge in [-0.1, -0.05) is 23.7 Å². The number of halogens is 3. The summed E-state index contributed by atoms with van der Waals surface area (Å²) in [7, 11) is 0. The molecule has 0 spiro atoms. The summed E-state index contributed by atoms with van der Waals surface area (Å²) in [6, 6.07) is 9.38. The number of amides is 1. The largest absolute Gasteiger partial charge is 0.300 e. The molecule has 0 fully saturated rings. The van der Waals surface area contributed by atoms with Crippen LogP contribution in [-0.4, -0.2) is 11.7 Å². The molecule has 0 bridgehead atoms. The summed E-state index contributed by atoms with van der Waals surface area (Å²) in [5.74, 6) is -1.62. The van der Waals surface area contributed by atoms with E-state index in [4.69, 9.17) is 11.6 Å². The van der Waals surface area contributed by atoms with Gasteiger partial charge in [-0.25, -0.2) is 4.39 Å². The van der Waals surface area contributed by atoms with E-state index in [1.54, 1.807) is 30.3 Å². The molecule has 0 aliphatic carbocycles. The van der Waals surface area contributed by atoms with Crippen LogP contribution in [0.2, 0.25) is 5.02 Å². The Balaban J connectivity index is 2.00. The van der Waals surface area contributed by atoms with Crippen molar-refractivity contribution in [1.29, 1.82) is 0 Å². The molecule has 0 unspecified atom stereocenters. The summed E-state index contributed by atoms with van der Waals surface area (Å²) in [5.41, 5.74) is 1.42. The molecule has 3 nitrogen and oxygen atoms in total. The van der Waals surface area contributed by atoms with Gasteiger partial charge in [0.2, 0.25) is 0 Å². The van der Waals surface area contributed by atoms with Gasteiger partial charge in [0, 0.05) is 0 Å². The highest BCUT2D eigenvalue weighted by molar-refractivity contribution is 9.10. The topological polar surface area (TPSA) is 37.4 Å². The highest BCUT2D eigenvalue weighted by Crippen LogP contribution is 2.35. The molecule has 0 N–H and O–H groups in total. The smallest absolute Gasteiger partial charge is 0.299 e. The second-order valence-electron chi connectivity index (χ2n) is 4.60. The van der Waals surface area contributed by atoms with E-state index >= 15 is 0 Å². The lowest BCUT2D eigenvalue weighted by Crippen LogP contribution is -2.29. The molecule has 0 saturated heterocycles. The zero-order valence-corrected chi connectivity index (χ0v) is 12.9. The van der Waals surface area contributed by atoms with Crippen LogP contribution < -0.4 is 4.90 Å². The van der Waals surface area contributed by atoms with Gasteiger partial charge in [-0.2, -0.15) is 0 Å². The third-order valence-corrected chi connectivity index (χ3v) is 4.20. The van der Waals surface area contributed by atoms with Crippen LogP contribution in [0.5, 0.6) is 0 Å². The predicted octanol–water partition coefficient (Wildman–Crippen LogP) is 3.97. The molecule has 21 heavy (non-hydrogen) atoms. The number of benzene rings is 2. The third-order valence-electron chi connectivity index (χ3n) is 3.27. The fourth-order valence-electron chi connectivity index (χ4n) is 2.28. The van der Waals surface area contributed by atoms with Crippen molar-refractivity contribution in [3.63, 3.8) is 0 Å². The lowest BCUT2D eigenvalue weighted by molar-refractivity contribution is -0.114. The first-order valence-electron chi connectivity index (χ1n) is 6.07. The average Bonchev–Trinajstić information content (AvgIpc) is 2.69. The van der Waals surface area contributed by atoms with Crippen LogP contribution in [0, 0.1) is 5.82 Å². The van der Waals surface area contributed by atoms with Gasteiger partial charge < -0.3 is 4.90 Å². The van der Waals surface area contributed by atoms with Crippen LogP contribution in [0.4, 0.5) is 10.1 Å². The number of anilines is 1. The van der Waals surface area contributed by atoms with E-state index in [0.29, 0.717) is 15.7 Å². The Morgan fingerprint density at radius 1 is 1.19 bits per heavy atom. The van der Waals surface area contributed by atoms with Gasteiger partial charge in [0.1, 0.15) is 5.82 Å². The number of Topliss-reactive ketones (excluding diaryl/α,β-unsaturated/α-hetero) is 1. The van der Waals surface area contributed by atoms with Gasteiger partial charge in [0.25, 0.3) is 11.7 Å². The van der Waals surface area contributed by atoms with Crippen LogP contribution in [0.1, 0.15) is 15.9 Å². The zero-order chi connectivity index (χ0) is 15.1. The average molecular weight is 369 g/mol. The number of fused-ring (bicyclic) bond motifs is 1. The first-order chi connectivity index (χ1) is 9.99. The van der Waals surface area contributed by atoms with Crippen molar-refractivity contribution in [1.82, 2.24) is 0 Å². The maximum atomic E-state index is 13.2. The minimum Gasteiger partial charge on any atom is -0.300 e. The normalized spacial score (nSPS) is 13.8. The molecule has 6 heteroatoms. The Labute approximate surface area is 133 Å². The molecular weight excluding hydrogens is 361 g/mol. The van der Waals surface area contributed by atoms with Crippen LogP contribution in [0.25, 0.3) is 0 Å². The summed E-state index contributed by atoms with van der Waals surface area (Å²) in [6.07, 6.45) is 0. The summed E-state index contributed by atoms with van der Waals surface area (Å²) in [5, 5.41) is 0.258. The monoisotopic (exact) mass is 367 g/mol. The maximum Gasteiger partial charge on any atom is 0.299 e. The summed E-state index contributed by atoms with van der Waals surface area (Å²) in [4.78, 5) is 25.4. The highest BCUT2D eigenvalue weighted by Gasteiger charge is 2.37. The van der Waals surface area contributed by atoms with E-state index in [-0.39, 0.29) is 22.9 Å². The van der Waals surface area contributed by atoms with Crippen LogP contribution in [-0.2, 0) is 11.3 Å². The summed E-state index contributed by atoms with van der Waals surface area (Å²) < 4.78 is 13.6. The van der Waals surface area contributed by atoms with Crippen molar-refractivity contribution in [3.05, 3.63) is 62.8 Å². The first-order valence-corrected chi connectivity index (χ1v) is 7.25. The van der Waals surface area contributed by atoms with E-state index in [1.807, 2.05) is 0 Å². The molecule has 0 radical (unpaired) electrons. The quantitative estimate of drug-likeness (QED) is 0.752. The maximum absolute atomic E-state index is 13.2. The Kier molecular flexibility index (Phi) is 3.55. The van der Waals surface area contributed by atoms with Gasteiger partial charge in [0.05, 0.1) is 27.3 Å². The highest BCUT2D eigenvalue weighted by atomic mass is 79.9. The Bertz CT molecular complexity index is 778. The molecule has 0 atom stereocenters. The van der Waals surface area contributed by atoms with E-state index in [1.165, 1.54) is 11.0 Å². The van der Waals surface area contributed by atoms with Crippen LogP contribution >= 0.6 is 27.5 Å². The number of carbonyl (C=O) groups is 2. The lowest BCUT2D eigenvalue weighted by atomic mass is 10.1. The summed E-state index contributed by atoms with van der Waals surface area (Å²) in [6.45, 7) is 0.177. The molecule has 0 aromatic heterocycles. The van der Waals surface area contributed by atoms with Crippen molar-refractivity contribution in [2.45, 2.75) is 6.54 Å². The minimum absolute atomic E-state index is 0.177. The van der Waals surface area contributed by atoms with Gasteiger partial charge in [-0.3, -0.25) is 9.59 Å². The molecule has 2 aromatic carbocycles. The third kappa shape index (κ3) is 2.36.